The Hall–Kier alpha value is -2.57. The predicted molar refractivity (Wildman–Crippen MR) is 117 cm³/mol. The van der Waals surface area contributed by atoms with Crippen molar-refractivity contribution in [3.8, 4) is 0 Å². The van der Waals surface area contributed by atoms with Crippen LogP contribution in [0, 0.1) is 13.8 Å². The van der Waals surface area contributed by atoms with Gasteiger partial charge in [0.1, 0.15) is 5.37 Å². The first-order valence-electron chi connectivity index (χ1n) is 8.99. The predicted octanol–water partition coefficient (Wildman–Crippen LogP) is 5.40. The van der Waals surface area contributed by atoms with Crippen LogP contribution >= 0.6 is 23.1 Å². The molecule has 0 saturated carbocycles. The van der Waals surface area contributed by atoms with Gasteiger partial charge in [0.05, 0.1) is 10.6 Å². The largest absolute Gasteiger partial charge is 0.321 e. The van der Waals surface area contributed by atoms with Crippen molar-refractivity contribution in [2.75, 3.05) is 16.0 Å². The molecule has 142 valence electrons. The van der Waals surface area contributed by atoms with Crippen molar-refractivity contribution in [1.29, 1.82) is 0 Å². The third kappa shape index (κ3) is 3.57. The van der Waals surface area contributed by atoms with E-state index in [2.05, 4.69) is 25.2 Å². The lowest BCUT2D eigenvalue weighted by molar-refractivity contribution is -0.115. The highest BCUT2D eigenvalue weighted by atomic mass is 32.2. The monoisotopic (exact) mass is 408 g/mol. The summed E-state index contributed by atoms with van der Waals surface area (Å²) >= 11 is 2.99. The third-order valence-electron chi connectivity index (χ3n) is 4.86. The molecule has 2 aromatic carbocycles. The second-order valence-electron chi connectivity index (χ2n) is 6.71. The molecule has 1 fully saturated rings. The Morgan fingerprint density at radius 3 is 2.64 bits per heavy atom. The molecule has 1 saturated heterocycles. The molecule has 1 aliphatic heterocycles. The van der Waals surface area contributed by atoms with Gasteiger partial charge in [0, 0.05) is 16.9 Å². The number of carbonyl (C=O) groups is 2. The van der Waals surface area contributed by atoms with Crippen LogP contribution in [0.2, 0.25) is 0 Å². The molecule has 1 aliphatic rings. The van der Waals surface area contributed by atoms with Crippen LogP contribution in [0.3, 0.4) is 0 Å². The normalized spacial score (nSPS) is 16.4. The Morgan fingerprint density at radius 1 is 1.07 bits per heavy atom. The van der Waals surface area contributed by atoms with Crippen LogP contribution in [0.1, 0.15) is 31.7 Å². The number of thioether (sulfide) groups is 1. The van der Waals surface area contributed by atoms with Gasteiger partial charge in [-0.15, -0.1) is 23.1 Å². The molecule has 2 heterocycles. The molecule has 4 rings (SSSR count). The quantitative estimate of drug-likeness (QED) is 0.629. The summed E-state index contributed by atoms with van der Waals surface area (Å²) in [6.45, 7) is 4.11. The van der Waals surface area contributed by atoms with Crippen LogP contribution in [0.15, 0.2) is 60.0 Å². The summed E-state index contributed by atoms with van der Waals surface area (Å²) in [7, 11) is 0. The smallest absolute Gasteiger partial charge is 0.265 e. The van der Waals surface area contributed by atoms with E-state index in [0.29, 0.717) is 10.6 Å². The van der Waals surface area contributed by atoms with Gasteiger partial charge in [0.15, 0.2) is 0 Å². The summed E-state index contributed by atoms with van der Waals surface area (Å²) in [4.78, 5) is 27.8. The van der Waals surface area contributed by atoms with Crippen molar-refractivity contribution in [3.05, 3.63) is 81.5 Å². The molecule has 0 spiro atoms. The fraction of sp³-hybridized carbons (Fsp3) is 0.182. The molecule has 28 heavy (non-hydrogen) atoms. The maximum absolute atomic E-state index is 12.7. The van der Waals surface area contributed by atoms with Crippen molar-refractivity contribution in [1.82, 2.24) is 0 Å². The van der Waals surface area contributed by atoms with Crippen LogP contribution in [0.25, 0.3) is 0 Å². The third-order valence-corrected chi connectivity index (χ3v) is 6.92. The first kappa shape index (κ1) is 18.8. The highest BCUT2D eigenvalue weighted by Gasteiger charge is 2.35. The Kier molecular flexibility index (Phi) is 5.24. The Labute approximate surface area is 172 Å². The van der Waals surface area contributed by atoms with E-state index in [1.54, 1.807) is 17.8 Å². The summed E-state index contributed by atoms with van der Waals surface area (Å²) in [6.07, 6.45) is 0. The molecule has 1 N–H and O–H groups in total. The van der Waals surface area contributed by atoms with Gasteiger partial charge in [0.2, 0.25) is 5.91 Å². The van der Waals surface area contributed by atoms with Gasteiger partial charge in [0.25, 0.3) is 5.91 Å². The van der Waals surface area contributed by atoms with E-state index in [-0.39, 0.29) is 17.2 Å². The highest BCUT2D eigenvalue weighted by molar-refractivity contribution is 8.00. The first-order chi connectivity index (χ1) is 13.5. The minimum absolute atomic E-state index is 0.0811. The van der Waals surface area contributed by atoms with E-state index < -0.39 is 0 Å². The molecular weight excluding hydrogens is 388 g/mol. The van der Waals surface area contributed by atoms with E-state index in [9.17, 15) is 9.59 Å². The number of thiophene rings is 1. The maximum Gasteiger partial charge on any atom is 0.265 e. The van der Waals surface area contributed by atoms with Gasteiger partial charge in [-0.2, -0.15) is 0 Å². The number of aryl methyl sites for hydroxylation is 2. The molecule has 1 atom stereocenters. The van der Waals surface area contributed by atoms with Crippen LogP contribution < -0.4 is 10.2 Å². The number of anilines is 2. The van der Waals surface area contributed by atoms with E-state index in [4.69, 9.17) is 0 Å². The molecule has 0 aliphatic carbocycles. The summed E-state index contributed by atoms with van der Waals surface area (Å²) in [6, 6.07) is 17.5. The average molecular weight is 409 g/mol. The Bertz CT molecular complexity index is 1030. The molecule has 4 nitrogen and oxygen atoms in total. The second-order valence-corrected chi connectivity index (χ2v) is 8.73. The molecule has 0 unspecified atom stereocenters. The zero-order valence-electron chi connectivity index (χ0n) is 15.6. The number of hydrogen-bond acceptors (Lipinski definition) is 4. The number of benzene rings is 2. The first-order valence-corrected chi connectivity index (χ1v) is 10.9. The number of rotatable bonds is 4. The highest BCUT2D eigenvalue weighted by Crippen LogP contribution is 2.44. The summed E-state index contributed by atoms with van der Waals surface area (Å²) in [5.41, 5.74) is 4.91. The summed E-state index contributed by atoms with van der Waals surface area (Å²) < 4.78 is 0. The molecule has 0 radical (unpaired) electrons. The van der Waals surface area contributed by atoms with Gasteiger partial charge in [-0.3, -0.25) is 14.5 Å². The van der Waals surface area contributed by atoms with Crippen LogP contribution in [0.5, 0.6) is 0 Å². The van der Waals surface area contributed by atoms with E-state index in [1.165, 1.54) is 16.9 Å². The fourth-order valence-corrected chi connectivity index (χ4v) is 5.06. The van der Waals surface area contributed by atoms with Crippen LogP contribution in [-0.2, 0) is 4.79 Å². The fourth-order valence-electron chi connectivity index (χ4n) is 3.23. The van der Waals surface area contributed by atoms with Gasteiger partial charge in [-0.05, 0) is 54.6 Å². The maximum atomic E-state index is 12.7. The van der Waals surface area contributed by atoms with Crippen molar-refractivity contribution in [2.24, 2.45) is 0 Å². The second kappa shape index (κ2) is 7.81. The topological polar surface area (TPSA) is 49.4 Å². The average Bonchev–Trinajstić information content (AvgIpc) is 3.35. The molecule has 1 aromatic heterocycles. The number of para-hydroxylation sites is 1. The van der Waals surface area contributed by atoms with Gasteiger partial charge in [-0.1, -0.05) is 30.3 Å². The lowest BCUT2D eigenvalue weighted by atomic mass is 10.1. The number of amides is 2. The van der Waals surface area contributed by atoms with Crippen molar-refractivity contribution >= 4 is 46.3 Å². The lowest BCUT2D eigenvalue weighted by Crippen LogP contribution is -2.28. The molecular formula is C22H20N2O2S2. The summed E-state index contributed by atoms with van der Waals surface area (Å²) in [5, 5.41) is 4.73. The lowest BCUT2D eigenvalue weighted by Gasteiger charge is -2.26. The van der Waals surface area contributed by atoms with Crippen molar-refractivity contribution in [2.45, 2.75) is 19.2 Å². The Morgan fingerprint density at radius 2 is 1.89 bits per heavy atom. The number of nitrogens with zero attached hydrogens (tertiary/aromatic N) is 1. The van der Waals surface area contributed by atoms with E-state index >= 15 is 0 Å². The standard InChI is InChI=1S/C22H20N2O2S2/c1-14-9-10-16(12-15(14)2)24-20(25)13-28-22(24)17-6-3-4-7-18(17)23-21(26)19-8-5-11-27-19/h3-12,22H,13H2,1-2H3,(H,23,26)/t22-/m1/s1. The van der Waals surface area contributed by atoms with Crippen LogP contribution in [-0.4, -0.2) is 17.6 Å². The zero-order chi connectivity index (χ0) is 19.7. The van der Waals surface area contributed by atoms with Gasteiger partial charge < -0.3 is 5.32 Å². The van der Waals surface area contributed by atoms with Gasteiger partial charge >= 0.3 is 0 Å². The molecule has 2 amide bonds. The molecule has 3 aromatic rings. The Balaban J connectivity index is 1.68. The van der Waals surface area contributed by atoms with E-state index in [0.717, 1.165) is 22.5 Å². The zero-order valence-corrected chi connectivity index (χ0v) is 17.3. The molecule has 0 bridgehead atoms. The van der Waals surface area contributed by atoms with Crippen molar-refractivity contribution in [3.63, 3.8) is 0 Å². The minimum atomic E-state index is -0.172. The number of nitrogens with one attached hydrogen (secondary N) is 1. The number of carbonyl (C=O) groups excluding carboxylic acids is 2. The van der Waals surface area contributed by atoms with Gasteiger partial charge in [-0.25, -0.2) is 0 Å². The number of hydrogen-bond donors (Lipinski definition) is 1. The van der Waals surface area contributed by atoms with Crippen molar-refractivity contribution < 1.29 is 9.59 Å². The SMILES string of the molecule is Cc1ccc(N2C(=O)CS[C@@H]2c2ccccc2NC(=O)c2cccs2)cc1C. The van der Waals surface area contributed by atoms with Crippen LogP contribution in [0.4, 0.5) is 11.4 Å². The summed E-state index contributed by atoms with van der Waals surface area (Å²) in [5.74, 6) is 0.372. The molecule has 6 heteroatoms. The minimum Gasteiger partial charge on any atom is -0.321 e. The van der Waals surface area contributed by atoms with E-state index in [1.807, 2.05) is 52.7 Å².